The summed E-state index contributed by atoms with van der Waals surface area (Å²) in [6.07, 6.45) is 0.887. The first kappa shape index (κ1) is 13.7. The second-order valence-corrected chi connectivity index (χ2v) is 6.42. The molecule has 2 aliphatic heterocycles. The van der Waals surface area contributed by atoms with Crippen LogP contribution in [0.25, 0.3) is 0 Å². The Balaban J connectivity index is 2.06. The zero-order valence-corrected chi connectivity index (χ0v) is 11.2. The lowest BCUT2D eigenvalue weighted by Crippen LogP contribution is -2.28. The predicted molar refractivity (Wildman–Crippen MR) is 62.6 cm³/mol. The van der Waals surface area contributed by atoms with Gasteiger partial charge in [-0.3, -0.25) is 0 Å². The third-order valence-corrected chi connectivity index (χ3v) is 4.58. The molecule has 20 heavy (non-hydrogen) atoms. The van der Waals surface area contributed by atoms with Crippen molar-refractivity contribution in [1.82, 2.24) is 0 Å². The topological polar surface area (TPSA) is 52.6 Å². The lowest BCUT2D eigenvalue weighted by atomic mass is 9.88. The van der Waals surface area contributed by atoms with Gasteiger partial charge in [0, 0.05) is 5.56 Å². The van der Waals surface area contributed by atoms with Crippen LogP contribution >= 0.6 is 0 Å². The Labute approximate surface area is 113 Å². The molecule has 0 radical (unpaired) electrons. The molecule has 0 amide bonds. The van der Waals surface area contributed by atoms with E-state index in [4.69, 9.17) is 4.74 Å². The third kappa shape index (κ3) is 1.89. The van der Waals surface area contributed by atoms with E-state index in [1.807, 2.05) is 6.92 Å². The van der Waals surface area contributed by atoms with E-state index in [-0.39, 0.29) is 18.0 Å². The number of halogens is 3. The fourth-order valence-corrected chi connectivity index (χ4v) is 3.26. The van der Waals surface area contributed by atoms with Gasteiger partial charge in [0.2, 0.25) is 0 Å². The zero-order chi connectivity index (χ0) is 14.7. The van der Waals surface area contributed by atoms with Crippen LogP contribution in [-0.4, -0.2) is 13.9 Å². The Morgan fingerprint density at radius 1 is 1.20 bits per heavy atom. The first-order valence-electron chi connectivity index (χ1n) is 6.00. The van der Waals surface area contributed by atoms with E-state index in [0.717, 1.165) is 17.5 Å². The molecule has 2 aliphatic rings. The Morgan fingerprint density at radius 3 is 2.40 bits per heavy atom. The van der Waals surface area contributed by atoms with E-state index in [9.17, 15) is 21.6 Å². The fraction of sp³-hybridized carbons (Fsp3) is 0.500. The Morgan fingerprint density at radius 2 is 1.80 bits per heavy atom. The Kier molecular flexibility index (Phi) is 2.81. The van der Waals surface area contributed by atoms with Gasteiger partial charge in [0.15, 0.2) is 0 Å². The molecule has 2 unspecified atom stereocenters. The summed E-state index contributed by atoms with van der Waals surface area (Å²) in [7, 11) is -5.66. The molecule has 2 bridgehead atoms. The van der Waals surface area contributed by atoms with E-state index in [2.05, 4.69) is 4.18 Å². The Bertz CT molecular complexity index is 666. The van der Waals surface area contributed by atoms with Gasteiger partial charge < -0.3 is 8.92 Å². The van der Waals surface area contributed by atoms with Crippen molar-refractivity contribution in [2.24, 2.45) is 0 Å². The van der Waals surface area contributed by atoms with E-state index in [1.165, 1.54) is 6.07 Å². The smallest absolute Gasteiger partial charge is 0.376 e. The fourth-order valence-electron chi connectivity index (χ4n) is 2.78. The molecule has 2 heterocycles. The molecule has 0 aromatic heterocycles. The number of rotatable bonds is 2. The van der Waals surface area contributed by atoms with Crippen LogP contribution in [-0.2, 0) is 14.9 Å². The van der Waals surface area contributed by atoms with E-state index in [1.54, 1.807) is 6.07 Å². The van der Waals surface area contributed by atoms with Crippen molar-refractivity contribution in [1.29, 1.82) is 0 Å². The summed E-state index contributed by atoms with van der Waals surface area (Å²) in [5, 5.41) is 0. The molecule has 0 aliphatic carbocycles. The molecule has 4 nitrogen and oxygen atoms in total. The maximum atomic E-state index is 12.4. The number of ether oxygens (including phenoxy) is 1. The molecule has 110 valence electrons. The van der Waals surface area contributed by atoms with Crippen LogP contribution in [0, 0.1) is 6.92 Å². The quantitative estimate of drug-likeness (QED) is 0.622. The highest BCUT2D eigenvalue weighted by molar-refractivity contribution is 7.88. The molecule has 1 fully saturated rings. The monoisotopic (exact) mass is 308 g/mol. The second kappa shape index (κ2) is 4.11. The van der Waals surface area contributed by atoms with Gasteiger partial charge in [-0.2, -0.15) is 21.6 Å². The average molecular weight is 308 g/mol. The average Bonchev–Trinajstić information content (AvgIpc) is 2.92. The lowest BCUT2D eigenvalue weighted by molar-refractivity contribution is -0.0500. The summed E-state index contributed by atoms with van der Waals surface area (Å²) in [5.41, 5.74) is -3.38. The maximum Gasteiger partial charge on any atom is 0.534 e. The molecule has 3 rings (SSSR count). The van der Waals surface area contributed by atoms with Crippen molar-refractivity contribution < 1.29 is 30.5 Å². The van der Waals surface area contributed by atoms with Crippen molar-refractivity contribution in [2.75, 3.05) is 0 Å². The first-order chi connectivity index (χ1) is 9.21. The van der Waals surface area contributed by atoms with Gasteiger partial charge in [0.05, 0.1) is 12.2 Å². The number of hydrogen-bond acceptors (Lipinski definition) is 4. The van der Waals surface area contributed by atoms with Gasteiger partial charge in [-0.05, 0) is 37.0 Å². The van der Waals surface area contributed by atoms with Gasteiger partial charge in [-0.1, -0.05) is 6.07 Å². The summed E-state index contributed by atoms with van der Waals surface area (Å²) in [5.74, 6) is -0.282. The molecule has 8 heteroatoms. The number of hydrogen-bond donors (Lipinski definition) is 0. The molecule has 1 saturated heterocycles. The van der Waals surface area contributed by atoms with E-state index < -0.39 is 15.6 Å². The number of alkyl halides is 3. The first-order valence-corrected chi connectivity index (χ1v) is 7.41. The van der Waals surface area contributed by atoms with Crippen molar-refractivity contribution in [3.63, 3.8) is 0 Å². The highest BCUT2D eigenvalue weighted by Crippen LogP contribution is 2.55. The van der Waals surface area contributed by atoms with Crippen LogP contribution in [0.2, 0.25) is 0 Å². The standard InChI is InChI=1S/C12H11F3O4S/c1-6-2-3-9(19-20(16,17)12(13,14)15)11-8-5-4-7(18-8)10(6)11/h2-3,7-8H,4-5H2,1H3. The van der Waals surface area contributed by atoms with E-state index in [0.29, 0.717) is 12.0 Å². The van der Waals surface area contributed by atoms with Crippen LogP contribution in [0.1, 0.15) is 41.7 Å². The number of benzene rings is 1. The molecule has 0 N–H and O–H groups in total. The maximum absolute atomic E-state index is 12.4. The predicted octanol–water partition coefficient (Wildman–Crippen LogP) is 3.13. The van der Waals surface area contributed by atoms with E-state index >= 15 is 0 Å². The summed E-state index contributed by atoms with van der Waals surface area (Å²) in [6, 6.07) is 2.80. The third-order valence-electron chi connectivity index (χ3n) is 3.61. The van der Waals surface area contributed by atoms with Gasteiger partial charge in [0.25, 0.3) is 0 Å². The Hall–Kier alpha value is -1.28. The molecular formula is C12H11F3O4S. The van der Waals surface area contributed by atoms with Crippen LogP contribution in [0.4, 0.5) is 13.2 Å². The number of fused-ring (bicyclic) bond motifs is 5. The highest BCUT2D eigenvalue weighted by Gasteiger charge is 2.50. The summed E-state index contributed by atoms with van der Waals surface area (Å²) >= 11 is 0. The van der Waals surface area contributed by atoms with Crippen molar-refractivity contribution in [3.05, 3.63) is 28.8 Å². The molecule has 1 aromatic rings. The summed E-state index contributed by atoms with van der Waals surface area (Å²) in [4.78, 5) is 0. The summed E-state index contributed by atoms with van der Waals surface area (Å²) < 4.78 is 69.3. The minimum Gasteiger partial charge on any atom is -0.376 e. The van der Waals surface area contributed by atoms with Crippen LogP contribution < -0.4 is 4.18 Å². The summed E-state index contributed by atoms with van der Waals surface area (Å²) in [6.45, 7) is 1.81. The van der Waals surface area contributed by atoms with Crippen LogP contribution in [0.3, 0.4) is 0 Å². The molecule has 2 atom stereocenters. The SMILES string of the molecule is Cc1ccc(OS(=O)(=O)C(F)(F)F)c2c1C1CCC2O1. The molecule has 1 aromatic carbocycles. The highest BCUT2D eigenvalue weighted by atomic mass is 32.2. The molecule has 0 saturated carbocycles. The lowest BCUT2D eigenvalue weighted by Gasteiger charge is -2.18. The van der Waals surface area contributed by atoms with Gasteiger partial charge in [0.1, 0.15) is 5.75 Å². The van der Waals surface area contributed by atoms with Gasteiger partial charge in [-0.15, -0.1) is 0 Å². The van der Waals surface area contributed by atoms with Gasteiger partial charge >= 0.3 is 15.6 Å². The minimum atomic E-state index is -5.66. The number of aryl methyl sites for hydroxylation is 1. The van der Waals surface area contributed by atoms with Crippen LogP contribution in [0.5, 0.6) is 5.75 Å². The van der Waals surface area contributed by atoms with Crippen LogP contribution in [0.15, 0.2) is 12.1 Å². The molecule has 0 spiro atoms. The van der Waals surface area contributed by atoms with Crippen molar-refractivity contribution in [3.8, 4) is 5.75 Å². The second-order valence-electron chi connectivity index (χ2n) is 4.88. The zero-order valence-electron chi connectivity index (χ0n) is 10.4. The van der Waals surface area contributed by atoms with Gasteiger partial charge in [-0.25, -0.2) is 0 Å². The molecular weight excluding hydrogens is 297 g/mol. The van der Waals surface area contributed by atoms with Crippen molar-refractivity contribution in [2.45, 2.75) is 37.5 Å². The van der Waals surface area contributed by atoms with Crippen molar-refractivity contribution >= 4 is 10.1 Å². The minimum absolute atomic E-state index is 0.174. The normalized spacial score (nSPS) is 24.8. The largest absolute Gasteiger partial charge is 0.534 e.